The van der Waals surface area contributed by atoms with Gasteiger partial charge in [-0.05, 0) is 78.8 Å². The van der Waals surface area contributed by atoms with Crippen LogP contribution < -0.4 is 4.74 Å². The van der Waals surface area contributed by atoms with E-state index in [-0.39, 0.29) is 16.3 Å². The van der Waals surface area contributed by atoms with E-state index >= 15 is 0 Å². The molecule has 1 saturated carbocycles. The Bertz CT molecular complexity index is 1340. The van der Waals surface area contributed by atoms with Gasteiger partial charge in [-0.15, -0.1) is 0 Å². The molecule has 0 radical (unpaired) electrons. The van der Waals surface area contributed by atoms with Gasteiger partial charge < -0.3 is 4.74 Å². The van der Waals surface area contributed by atoms with Gasteiger partial charge in [0.2, 0.25) is 0 Å². The summed E-state index contributed by atoms with van der Waals surface area (Å²) in [6.45, 7) is 2.22. The summed E-state index contributed by atoms with van der Waals surface area (Å²) >= 11 is 0. The normalized spacial score (nSPS) is 17.6. The van der Waals surface area contributed by atoms with Crippen molar-refractivity contribution in [2.24, 2.45) is 5.92 Å². The van der Waals surface area contributed by atoms with Crippen LogP contribution in [0.25, 0.3) is 10.8 Å². The van der Waals surface area contributed by atoms with Crippen molar-refractivity contribution in [1.29, 1.82) is 0 Å². The lowest BCUT2D eigenvalue weighted by molar-refractivity contribution is -0.0696. The number of ether oxygens (including phenoxy) is 1. The molecule has 3 aromatic carbocycles. The third-order valence-corrected chi connectivity index (χ3v) is 7.22. The molecule has 1 fully saturated rings. The molecular formula is C31H29F5O2. The quantitative estimate of drug-likeness (QED) is 0.101. The summed E-state index contributed by atoms with van der Waals surface area (Å²) in [7, 11) is 0. The number of fused-ring (bicyclic) bond motifs is 1. The second-order valence-electron chi connectivity index (χ2n) is 9.90. The number of hydrogen-bond donors (Lipinski definition) is 0. The molecule has 1 aliphatic rings. The molecule has 0 bridgehead atoms. The van der Waals surface area contributed by atoms with Crippen LogP contribution >= 0.6 is 0 Å². The zero-order valence-corrected chi connectivity index (χ0v) is 21.1. The number of benzene rings is 3. The lowest BCUT2D eigenvalue weighted by atomic mass is 9.77. The highest BCUT2D eigenvalue weighted by Gasteiger charge is 2.24. The third kappa shape index (κ3) is 6.92. The second kappa shape index (κ2) is 12.0. The molecule has 0 unspecified atom stereocenters. The van der Waals surface area contributed by atoms with Gasteiger partial charge in [-0.25, -0.2) is 13.6 Å². The van der Waals surface area contributed by atoms with E-state index in [2.05, 4.69) is 6.92 Å². The summed E-state index contributed by atoms with van der Waals surface area (Å²) in [4.78, 5) is 12.7. The number of carbonyl (C=O) groups excluding carboxylic acids is 1. The van der Waals surface area contributed by atoms with Crippen LogP contribution in [0.4, 0.5) is 22.0 Å². The zero-order chi connectivity index (χ0) is 27.3. The van der Waals surface area contributed by atoms with Gasteiger partial charge in [-0.2, -0.15) is 13.2 Å². The first-order chi connectivity index (χ1) is 18.1. The van der Waals surface area contributed by atoms with Gasteiger partial charge in [-0.3, -0.25) is 0 Å². The number of halogens is 5. The highest BCUT2D eigenvalue weighted by molar-refractivity contribution is 5.97. The molecule has 1 aliphatic carbocycles. The van der Waals surface area contributed by atoms with E-state index in [1.54, 1.807) is 12.1 Å². The summed E-state index contributed by atoms with van der Waals surface area (Å²) in [5, 5.41) is -0.147. The summed E-state index contributed by atoms with van der Waals surface area (Å²) in [6.07, 6.45) is 5.08. The molecule has 0 atom stereocenters. The van der Waals surface area contributed by atoms with Crippen LogP contribution in [-0.4, -0.2) is 12.1 Å². The minimum absolute atomic E-state index is 0.00709. The van der Waals surface area contributed by atoms with Crippen LogP contribution in [0.3, 0.4) is 0 Å². The summed E-state index contributed by atoms with van der Waals surface area (Å²) in [5.41, 5.74) is 0.295. The van der Waals surface area contributed by atoms with Gasteiger partial charge in [0, 0.05) is 11.3 Å². The Hall–Kier alpha value is -3.40. The Morgan fingerprint density at radius 2 is 1.68 bits per heavy atom. The first kappa shape index (κ1) is 27.6. The van der Waals surface area contributed by atoms with Gasteiger partial charge in [0.1, 0.15) is 17.4 Å². The minimum Gasteiger partial charge on any atom is -0.423 e. The van der Waals surface area contributed by atoms with E-state index in [0.717, 1.165) is 30.7 Å². The molecule has 0 saturated heterocycles. The summed E-state index contributed by atoms with van der Waals surface area (Å²) in [5.74, 6) is 0.867. The van der Waals surface area contributed by atoms with Gasteiger partial charge in [0.05, 0.1) is 11.1 Å². The maximum Gasteiger partial charge on any atom is 0.458 e. The van der Waals surface area contributed by atoms with Crippen LogP contribution in [0.15, 0.2) is 48.5 Å². The molecule has 4 rings (SSSR count). The van der Waals surface area contributed by atoms with Crippen molar-refractivity contribution >= 4 is 16.7 Å². The highest BCUT2D eigenvalue weighted by Crippen LogP contribution is 2.38. The van der Waals surface area contributed by atoms with Gasteiger partial charge in [-0.1, -0.05) is 56.7 Å². The van der Waals surface area contributed by atoms with Crippen LogP contribution in [0.5, 0.6) is 5.75 Å². The lowest BCUT2D eigenvalue weighted by Gasteiger charge is -2.29. The number of unbranched alkanes of at least 4 members (excludes halogenated alkanes) is 2. The smallest absolute Gasteiger partial charge is 0.423 e. The van der Waals surface area contributed by atoms with E-state index in [1.807, 2.05) is 12.1 Å². The molecule has 0 amide bonds. The van der Waals surface area contributed by atoms with Crippen molar-refractivity contribution in [2.75, 3.05) is 0 Å². The molecule has 38 heavy (non-hydrogen) atoms. The average molecular weight is 529 g/mol. The number of esters is 1. The third-order valence-electron chi connectivity index (χ3n) is 7.22. The SMILES string of the molecule is CCCCCC1CCC(c2ccc(OC(=O)c3ccc4c(F)c(C#CC(F)(F)F)c(F)cc4c3)cc2)CC1. The van der Waals surface area contributed by atoms with Crippen LogP contribution in [-0.2, 0) is 0 Å². The zero-order valence-electron chi connectivity index (χ0n) is 21.1. The van der Waals surface area contributed by atoms with Crippen LogP contribution in [0.1, 0.15) is 85.7 Å². The number of carbonyl (C=O) groups is 1. The number of alkyl halides is 3. The Morgan fingerprint density at radius 1 is 0.974 bits per heavy atom. The van der Waals surface area contributed by atoms with Crippen molar-refractivity contribution in [2.45, 2.75) is 70.4 Å². The first-order valence-corrected chi connectivity index (χ1v) is 13.0. The highest BCUT2D eigenvalue weighted by atomic mass is 19.4. The Kier molecular flexibility index (Phi) is 8.71. The number of rotatable bonds is 7. The first-order valence-electron chi connectivity index (χ1n) is 13.0. The molecule has 0 heterocycles. The maximum absolute atomic E-state index is 14.6. The van der Waals surface area contributed by atoms with Gasteiger partial charge >= 0.3 is 12.1 Å². The van der Waals surface area contributed by atoms with E-state index in [0.29, 0.717) is 11.7 Å². The van der Waals surface area contributed by atoms with Crippen molar-refractivity contribution in [3.05, 3.63) is 76.9 Å². The van der Waals surface area contributed by atoms with E-state index < -0.39 is 29.3 Å². The predicted molar refractivity (Wildman–Crippen MR) is 137 cm³/mol. The average Bonchev–Trinajstić information content (AvgIpc) is 2.88. The van der Waals surface area contributed by atoms with Crippen molar-refractivity contribution in [3.63, 3.8) is 0 Å². The lowest BCUT2D eigenvalue weighted by Crippen LogP contribution is -2.13. The van der Waals surface area contributed by atoms with Crippen molar-refractivity contribution < 1.29 is 31.5 Å². The molecular weight excluding hydrogens is 499 g/mol. The summed E-state index contributed by atoms with van der Waals surface area (Å²) < 4.78 is 71.4. The fourth-order valence-electron chi connectivity index (χ4n) is 5.15. The molecule has 0 aromatic heterocycles. The standard InChI is InChI=1S/C31H29F5O2/c1-2-3-4-5-20-6-8-21(9-7-20)22-10-13-25(14-11-22)38-30(37)23-12-15-26-24(18-23)19-28(32)27(29(26)33)16-17-31(34,35)36/h10-15,18-21H,2-9H2,1H3. The van der Waals surface area contributed by atoms with E-state index in [1.165, 1.54) is 68.2 Å². The van der Waals surface area contributed by atoms with E-state index in [4.69, 9.17) is 4.74 Å². The molecule has 0 spiro atoms. The topological polar surface area (TPSA) is 26.3 Å². The number of hydrogen-bond acceptors (Lipinski definition) is 2. The molecule has 200 valence electrons. The largest absolute Gasteiger partial charge is 0.458 e. The predicted octanol–water partition coefficient (Wildman–Crippen LogP) is 9.11. The fraction of sp³-hybridized carbons (Fsp3) is 0.387. The fourth-order valence-corrected chi connectivity index (χ4v) is 5.15. The van der Waals surface area contributed by atoms with Crippen LogP contribution in [0, 0.1) is 29.4 Å². The van der Waals surface area contributed by atoms with Gasteiger partial charge in [0.15, 0.2) is 0 Å². The molecule has 7 heteroatoms. The molecule has 3 aromatic rings. The van der Waals surface area contributed by atoms with Crippen molar-refractivity contribution in [3.8, 4) is 17.6 Å². The Labute approximate surface area is 219 Å². The second-order valence-corrected chi connectivity index (χ2v) is 9.90. The van der Waals surface area contributed by atoms with Crippen molar-refractivity contribution in [1.82, 2.24) is 0 Å². The monoisotopic (exact) mass is 528 g/mol. The minimum atomic E-state index is -4.88. The van der Waals surface area contributed by atoms with Gasteiger partial charge in [0.25, 0.3) is 0 Å². The van der Waals surface area contributed by atoms with Crippen LogP contribution in [0.2, 0.25) is 0 Å². The maximum atomic E-state index is 14.6. The Morgan fingerprint density at radius 3 is 2.34 bits per heavy atom. The Balaban J connectivity index is 1.41. The molecule has 2 nitrogen and oxygen atoms in total. The van der Waals surface area contributed by atoms with E-state index in [9.17, 15) is 26.7 Å². The molecule has 0 N–H and O–H groups in total. The molecule has 0 aliphatic heterocycles. The summed E-state index contributed by atoms with van der Waals surface area (Å²) in [6, 6.07) is 12.0.